The maximum absolute atomic E-state index is 12.6. The molecule has 5 aliphatic carbocycles. The van der Waals surface area contributed by atoms with Crippen LogP contribution in [0.1, 0.15) is 97.3 Å². The molecule has 6 aliphatic rings. The Morgan fingerprint density at radius 2 is 1.82 bits per heavy atom. The summed E-state index contributed by atoms with van der Waals surface area (Å²) in [6.07, 6.45) is 11.0. The van der Waals surface area contributed by atoms with Gasteiger partial charge in [-0.1, -0.05) is 13.8 Å². The number of fused-ring (bicyclic) bond motifs is 5. The predicted octanol–water partition coefficient (Wildman–Crippen LogP) is 3.86. The molecule has 10 unspecified atom stereocenters. The van der Waals surface area contributed by atoms with Crippen molar-refractivity contribution in [3.63, 3.8) is 0 Å². The van der Waals surface area contributed by atoms with Gasteiger partial charge in [-0.3, -0.25) is 4.79 Å². The normalized spacial score (nSPS) is 52.8. The van der Waals surface area contributed by atoms with Crippen molar-refractivity contribution in [2.24, 2.45) is 40.4 Å². The minimum Gasteiger partial charge on any atom is -0.434 e. The lowest BCUT2D eigenvalue weighted by Crippen LogP contribution is -2.66. The van der Waals surface area contributed by atoms with Crippen molar-refractivity contribution in [2.45, 2.75) is 127 Å². The number of hydrogen-bond donors (Lipinski definition) is 4. The second-order valence-electron chi connectivity index (χ2n) is 14.3. The molecule has 5 fully saturated rings. The van der Waals surface area contributed by atoms with E-state index in [2.05, 4.69) is 13.8 Å². The molecule has 0 aromatic carbocycles. The number of aliphatic hydroxyl groups excluding tert-OH is 3. The average molecular weight is 533 g/mol. The lowest BCUT2D eigenvalue weighted by Gasteiger charge is -2.67. The van der Waals surface area contributed by atoms with Gasteiger partial charge in [0.15, 0.2) is 0 Å². The van der Waals surface area contributed by atoms with Crippen LogP contribution < -0.4 is 0 Å². The van der Waals surface area contributed by atoms with E-state index in [1.807, 2.05) is 0 Å². The van der Waals surface area contributed by atoms with Gasteiger partial charge in [0, 0.05) is 12.0 Å². The van der Waals surface area contributed by atoms with Gasteiger partial charge in [-0.05, 0) is 118 Å². The van der Waals surface area contributed by atoms with Gasteiger partial charge in [-0.15, -0.1) is 0 Å². The number of carbonyl (C=O) groups excluding carboxylic acids is 1. The summed E-state index contributed by atoms with van der Waals surface area (Å²) in [4.78, 5) is 11.9. The molecule has 5 saturated carbocycles. The van der Waals surface area contributed by atoms with Crippen molar-refractivity contribution >= 4 is 5.97 Å². The van der Waals surface area contributed by atoms with E-state index in [4.69, 9.17) is 9.47 Å². The van der Waals surface area contributed by atoms with E-state index in [0.29, 0.717) is 31.1 Å². The summed E-state index contributed by atoms with van der Waals surface area (Å²) >= 11 is 0. The molecule has 1 aliphatic heterocycles. The summed E-state index contributed by atoms with van der Waals surface area (Å²) in [5.41, 5.74) is 0.312. The van der Waals surface area contributed by atoms with E-state index in [9.17, 15) is 25.2 Å². The van der Waals surface area contributed by atoms with Gasteiger partial charge in [-0.2, -0.15) is 0 Å². The number of aliphatic hydroxyl groups is 4. The minimum atomic E-state index is -0.887. The second kappa shape index (κ2) is 9.83. The molecule has 0 saturated heterocycles. The van der Waals surface area contributed by atoms with E-state index in [0.717, 1.165) is 69.8 Å². The zero-order valence-corrected chi connectivity index (χ0v) is 23.2. The summed E-state index contributed by atoms with van der Waals surface area (Å²) in [5.74, 6) is 1.31. The fraction of sp³-hybridized carbons (Fsp3) is 0.903. The first-order valence-electron chi connectivity index (χ1n) is 15.3. The highest BCUT2D eigenvalue weighted by molar-refractivity contribution is 5.76. The lowest BCUT2D eigenvalue weighted by molar-refractivity contribution is -0.245. The summed E-state index contributed by atoms with van der Waals surface area (Å²) < 4.78 is 11.7. The van der Waals surface area contributed by atoms with E-state index < -0.39 is 23.9 Å². The maximum Gasteiger partial charge on any atom is 0.314 e. The number of cyclic esters (lactones) is 1. The van der Waals surface area contributed by atoms with Crippen LogP contribution in [0.3, 0.4) is 0 Å². The largest absolute Gasteiger partial charge is 0.434 e. The van der Waals surface area contributed by atoms with E-state index in [1.165, 1.54) is 0 Å². The van der Waals surface area contributed by atoms with Gasteiger partial charge in [0.2, 0.25) is 0 Å². The quantitative estimate of drug-likeness (QED) is 0.406. The summed E-state index contributed by atoms with van der Waals surface area (Å²) in [5, 5.41) is 43.1. The molecule has 4 N–H and O–H groups in total. The van der Waals surface area contributed by atoms with E-state index in [1.54, 1.807) is 6.26 Å². The Labute approximate surface area is 227 Å². The summed E-state index contributed by atoms with van der Waals surface area (Å²) in [6.45, 7) is 4.77. The molecule has 0 aromatic rings. The zero-order chi connectivity index (χ0) is 26.9. The summed E-state index contributed by atoms with van der Waals surface area (Å²) in [6, 6.07) is 0. The van der Waals surface area contributed by atoms with Crippen molar-refractivity contribution < 1.29 is 34.7 Å². The molecule has 0 radical (unpaired) electrons. The Morgan fingerprint density at radius 3 is 2.55 bits per heavy atom. The van der Waals surface area contributed by atoms with Gasteiger partial charge in [0.05, 0.1) is 36.6 Å². The van der Waals surface area contributed by atoms with Crippen LogP contribution in [-0.4, -0.2) is 63.0 Å². The molecule has 0 spiro atoms. The van der Waals surface area contributed by atoms with Crippen molar-refractivity contribution in [3.8, 4) is 0 Å². The Balaban J connectivity index is 1.17. The Kier molecular flexibility index (Phi) is 7.03. The topological polar surface area (TPSA) is 116 Å². The highest BCUT2D eigenvalue weighted by Gasteiger charge is 2.66. The molecule has 7 nitrogen and oxygen atoms in total. The van der Waals surface area contributed by atoms with E-state index in [-0.39, 0.29) is 47.3 Å². The van der Waals surface area contributed by atoms with Gasteiger partial charge in [0.1, 0.15) is 6.10 Å². The molecule has 38 heavy (non-hydrogen) atoms. The number of ether oxygens (including phenoxy) is 2. The van der Waals surface area contributed by atoms with Gasteiger partial charge in [-0.25, -0.2) is 0 Å². The van der Waals surface area contributed by atoms with Crippen LogP contribution in [0, 0.1) is 40.4 Å². The number of carbonyl (C=O) groups is 1. The Bertz CT molecular complexity index is 951. The van der Waals surface area contributed by atoms with Crippen LogP contribution >= 0.6 is 0 Å². The monoisotopic (exact) mass is 532 g/mol. The highest BCUT2D eigenvalue weighted by atomic mass is 16.5. The van der Waals surface area contributed by atoms with Crippen LogP contribution in [-0.2, 0) is 14.3 Å². The molecule has 0 bridgehead atoms. The first-order valence-corrected chi connectivity index (χ1v) is 15.3. The molecule has 0 aromatic heterocycles. The predicted molar refractivity (Wildman–Crippen MR) is 141 cm³/mol. The van der Waals surface area contributed by atoms with Crippen LogP contribution in [0.5, 0.6) is 0 Å². The molecular weight excluding hydrogens is 484 g/mol. The third-order valence-corrected chi connectivity index (χ3v) is 12.7. The first-order chi connectivity index (χ1) is 18.1. The molecule has 1 heterocycles. The molecule has 7 heteroatoms. The van der Waals surface area contributed by atoms with Gasteiger partial charge >= 0.3 is 5.97 Å². The van der Waals surface area contributed by atoms with Crippen molar-refractivity contribution in [1.82, 2.24) is 0 Å². The molecule has 214 valence electrons. The van der Waals surface area contributed by atoms with E-state index >= 15 is 0 Å². The second-order valence-corrected chi connectivity index (χ2v) is 14.3. The fourth-order valence-corrected chi connectivity index (χ4v) is 10.5. The number of rotatable bonds is 4. The van der Waals surface area contributed by atoms with Gasteiger partial charge in [0.25, 0.3) is 0 Å². The smallest absolute Gasteiger partial charge is 0.314 e. The SMILES string of the molecule is C[C@]12CCC(OC3CC(CO)CC(O)C3O)CC1CCC1C2CC[C@]2(C)C(C3=COC(=O)C3)CCCC12O. The minimum absolute atomic E-state index is 0.0153. The molecule has 12 atom stereocenters. The third-order valence-electron chi connectivity index (χ3n) is 12.7. The van der Waals surface area contributed by atoms with Crippen LogP contribution in [0.25, 0.3) is 0 Å². The van der Waals surface area contributed by atoms with Crippen molar-refractivity contribution in [2.75, 3.05) is 6.61 Å². The number of hydrogen-bond acceptors (Lipinski definition) is 7. The lowest BCUT2D eigenvalue weighted by atomic mass is 9.39. The number of esters is 1. The standard InChI is InChI=1S/C31H48O7/c1-29-10-7-21(38-26-13-18(16-32)12-25(33)28(26)35)15-20(29)5-6-24-23(29)8-11-30(2)22(4-3-9-31(24,30)36)19-14-27(34)37-17-19/h17-18,20-26,28,32-33,35-36H,3-16H2,1-2H3/t18?,20?,21?,22?,23?,24?,25?,26?,28?,29-,30+,31?/m0/s1. The molecule has 0 amide bonds. The van der Waals surface area contributed by atoms with Crippen LogP contribution in [0.4, 0.5) is 0 Å². The zero-order valence-electron chi connectivity index (χ0n) is 23.2. The van der Waals surface area contributed by atoms with Gasteiger partial charge < -0.3 is 29.9 Å². The van der Waals surface area contributed by atoms with Crippen LogP contribution in [0.2, 0.25) is 0 Å². The van der Waals surface area contributed by atoms with Crippen molar-refractivity contribution in [1.29, 1.82) is 0 Å². The Morgan fingerprint density at radius 1 is 1.00 bits per heavy atom. The maximum atomic E-state index is 12.6. The Hall–Kier alpha value is -0.990. The fourth-order valence-electron chi connectivity index (χ4n) is 10.5. The average Bonchev–Trinajstić information content (AvgIpc) is 3.32. The molecular formula is C31H48O7. The molecule has 6 rings (SSSR count). The first kappa shape index (κ1) is 27.2. The van der Waals surface area contributed by atoms with Crippen LogP contribution in [0.15, 0.2) is 11.8 Å². The highest BCUT2D eigenvalue weighted by Crippen LogP contribution is 2.69. The van der Waals surface area contributed by atoms with Crippen molar-refractivity contribution in [3.05, 3.63) is 11.8 Å². The summed E-state index contributed by atoms with van der Waals surface area (Å²) in [7, 11) is 0. The third kappa shape index (κ3) is 4.13.